The maximum Gasteiger partial charge on any atom is 0.427 e. The Labute approximate surface area is 136 Å². The molecule has 1 unspecified atom stereocenters. The monoisotopic (exact) mass is 317 g/mol. The highest BCUT2D eigenvalue weighted by Crippen LogP contribution is 2.18. The molecule has 124 valence electrons. The van der Waals surface area contributed by atoms with Crippen LogP contribution in [0.1, 0.15) is 33.1 Å². The zero-order valence-corrected chi connectivity index (χ0v) is 13.5. The molecule has 1 aromatic rings. The molecule has 6 nitrogen and oxygen atoms in total. The van der Waals surface area contributed by atoms with E-state index in [1.54, 1.807) is 37.3 Å². The Bertz CT molecular complexity index is 586. The van der Waals surface area contributed by atoms with E-state index in [1.165, 1.54) is 12.5 Å². The van der Waals surface area contributed by atoms with Crippen LogP contribution in [0.4, 0.5) is 10.5 Å². The van der Waals surface area contributed by atoms with E-state index >= 15 is 0 Å². The summed E-state index contributed by atoms with van der Waals surface area (Å²) < 4.78 is 5.29. The Morgan fingerprint density at radius 3 is 2.91 bits per heavy atom. The van der Waals surface area contributed by atoms with Crippen LogP contribution in [-0.4, -0.2) is 29.6 Å². The van der Waals surface area contributed by atoms with Crippen molar-refractivity contribution in [2.24, 2.45) is 0 Å². The van der Waals surface area contributed by atoms with Gasteiger partial charge >= 0.3 is 6.09 Å². The molecule has 0 saturated carbocycles. The molecule has 0 aromatic heterocycles. The predicted octanol–water partition coefficient (Wildman–Crippen LogP) is 3.08. The van der Waals surface area contributed by atoms with Crippen LogP contribution in [0.25, 0.3) is 0 Å². The van der Waals surface area contributed by atoms with Gasteiger partial charge in [-0.25, -0.2) is 9.80 Å². The average Bonchev–Trinajstić information content (AvgIpc) is 2.50. The van der Waals surface area contributed by atoms with E-state index in [0.717, 1.165) is 19.4 Å². The van der Waals surface area contributed by atoms with Crippen LogP contribution in [0.3, 0.4) is 0 Å². The van der Waals surface area contributed by atoms with Gasteiger partial charge in [-0.05, 0) is 44.9 Å². The summed E-state index contributed by atoms with van der Waals surface area (Å²) in [4.78, 5) is 23.5. The number of hydrogen-bond acceptors (Lipinski definition) is 4. The minimum atomic E-state index is -0.518. The Balaban J connectivity index is 1.91. The maximum absolute atomic E-state index is 12.0. The molecule has 1 aromatic carbocycles. The van der Waals surface area contributed by atoms with Crippen molar-refractivity contribution < 1.29 is 14.3 Å². The number of nitrogens with one attached hydrogen (secondary N) is 2. The highest BCUT2D eigenvalue weighted by molar-refractivity contribution is 5.99. The second-order valence-corrected chi connectivity index (χ2v) is 5.56. The molecule has 1 aliphatic rings. The van der Waals surface area contributed by atoms with E-state index in [-0.39, 0.29) is 5.91 Å². The van der Waals surface area contributed by atoms with Crippen LogP contribution in [0, 0.1) is 0 Å². The van der Waals surface area contributed by atoms with Crippen LogP contribution >= 0.6 is 0 Å². The van der Waals surface area contributed by atoms with Gasteiger partial charge < -0.3 is 10.1 Å². The summed E-state index contributed by atoms with van der Waals surface area (Å²) in [7, 11) is 0. The number of nitrogens with zero attached hydrogens (tertiary/aromatic N) is 1. The van der Waals surface area contributed by atoms with Crippen molar-refractivity contribution in [1.82, 2.24) is 10.4 Å². The topological polar surface area (TPSA) is 70.7 Å². The third-order valence-electron chi connectivity index (χ3n) is 3.67. The molecule has 23 heavy (non-hydrogen) atoms. The van der Waals surface area contributed by atoms with E-state index in [1.807, 2.05) is 5.01 Å². The normalized spacial score (nSPS) is 18.6. The number of allylic oxidation sites excluding steroid dienone is 1. The van der Waals surface area contributed by atoms with Gasteiger partial charge in [-0.15, -0.1) is 0 Å². The Kier molecular flexibility index (Phi) is 6.17. The van der Waals surface area contributed by atoms with Gasteiger partial charge in [-0.3, -0.25) is 10.2 Å². The number of benzene rings is 1. The molecular weight excluding hydrogens is 294 g/mol. The molecular formula is C17H23N3O3. The number of rotatable bonds is 4. The van der Waals surface area contributed by atoms with Crippen molar-refractivity contribution in [2.75, 3.05) is 11.9 Å². The zero-order valence-electron chi connectivity index (χ0n) is 13.5. The van der Waals surface area contributed by atoms with E-state index in [9.17, 15) is 9.59 Å². The minimum absolute atomic E-state index is 0.226. The molecule has 2 N–H and O–H groups in total. The minimum Gasteiger partial charge on any atom is -0.409 e. The van der Waals surface area contributed by atoms with E-state index in [2.05, 4.69) is 17.7 Å². The van der Waals surface area contributed by atoms with E-state index in [4.69, 9.17) is 4.74 Å². The van der Waals surface area contributed by atoms with Crippen molar-refractivity contribution in [3.8, 4) is 5.75 Å². The average molecular weight is 317 g/mol. The molecule has 0 aliphatic carbocycles. The third kappa shape index (κ3) is 5.41. The second kappa shape index (κ2) is 8.33. The Morgan fingerprint density at radius 1 is 1.35 bits per heavy atom. The lowest BCUT2D eigenvalue weighted by Gasteiger charge is -2.32. The van der Waals surface area contributed by atoms with Gasteiger partial charge in [0.05, 0.1) is 0 Å². The number of anilines is 1. The van der Waals surface area contributed by atoms with Gasteiger partial charge in [0.15, 0.2) is 0 Å². The maximum atomic E-state index is 12.0. The molecule has 1 atom stereocenters. The molecule has 2 rings (SSSR count). The van der Waals surface area contributed by atoms with Gasteiger partial charge in [0.25, 0.3) is 0 Å². The first-order chi connectivity index (χ1) is 11.1. The van der Waals surface area contributed by atoms with Gasteiger partial charge in [0.2, 0.25) is 5.91 Å². The first-order valence-corrected chi connectivity index (χ1v) is 7.87. The number of hydrazine groups is 1. The van der Waals surface area contributed by atoms with E-state index in [0.29, 0.717) is 17.5 Å². The van der Waals surface area contributed by atoms with Crippen molar-refractivity contribution in [1.29, 1.82) is 0 Å². The summed E-state index contributed by atoms with van der Waals surface area (Å²) >= 11 is 0. The highest BCUT2D eigenvalue weighted by Gasteiger charge is 2.20. The highest BCUT2D eigenvalue weighted by atomic mass is 16.6. The van der Waals surface area contributed by atoms with Crippen molar-refractivity contribution >= 4 is 17.7 Å². The summed E-state index contributed by atoms with van der Waals surface area (Å²) in [5.41, 5.74) is 3.35. The first kappa shape index (κ1) is 17.0. The van der Waals surface area contributed by atoms with Crippen molar-refractivity contribution in [2.45, 2.75) is 39.2 Å². The number of carbonyl (C=O) groups excluding carboxylic acids is 2. The second-order valence-electron chi connectivity index (χ2n) is 5.56. The molecule has 0 radical (unpaired) electrons. The van der Waals surface area contributed by atoms with Crippen LogP contribution in [-0.2, 0) is 4.79 Å². The molecule has 1 aliphatic heterocycles. The molecule has 0 spiro atoms. The SMILES string of the molecule is C/C=C/C(=O)Nc1cccc(OC(=O)NN2CCCCC2C)c1. The first-order valence-electron chi connectivity index (χ1n) is 7.87. The fourth-order valence-electron chi connectivity index (χ4n) is 2.48. The molecule has 1 saturated heterocycles. The quantitative estimate of drug-likeness (QED) is 0.837. The van der Waals surface area contributed by atoms with Crippen LogP contribution in [0.5, 0.6) is 5.75 Å². The smallest absolute Gasteiger partial charge is 0.409 e. The largest absolute Gasteiger partial charge is 0.427 e. The fraction of sp³-hybridized carbons (Fsp3) is 0.412. The molecule has 0 bridgehead atoms. The van der Waals surface area contributed by atoms with Crippen molar-refractivity contribution in [3.05, 3.63) is 36.4 Å². The van der Waals surface area contributed by atoms with Gasteiger partial charge in [0, 0.05) is 24.3 Å². The molecule has 1 heterocycles. The van der Waals surface area contributed by atoms with Crippen LogP contribution < -0.4 is 15.5 Å². The standard InChI is InChI=1S/C17H23N3O3/c1-3-7-16(21)18-14-9-6-10-15(12-14)23-17(22)19-20-11-5-4-8-13(20)2/h3,6-7,9-10,12-13H,4-5,8,11H2,1-2H3,(H,18,21)(H,19,22)/b7-3+. The number of amides is 2. The van der Waals surface area contributed by atoms with Crippen LogP contribution in [0.2, 0.25) is 0 Å². The molecule has 6 heteroatoms. The number of piperidine rings is 1. The van der Waals surface area contributed by atoms with E-state index < -0.39 is 6.09 Å². The predicted molar refractivity (Wildman–Crippen MR) is 89.1 cm³/mol. The summed E-state index contributed by atoms with van der Waals surface area (Å²) in [6.07, 6.45) is 5.88. The van der Waals surface area contributed by atoms with Crippen molar-refractivity contribution in [3.63, 3.8) is 0 Å². The van der Waals surface area contributed by atoms with Crippen LogP contribution in [0.15, 0.2) is 36.4 Å². The summed E-state index contributed by atoms with van der Waals surface area (Å²) in [6.45, 7) is 4.68. The number of ether oxygens (including phenoxy) is 1. The Morgan fingerprint density at radius 2 is 2.17 bits per heavy atom. The summed E-state index contributed by atoms with van der Waals surface area (Å²) in [5, 5.41) is 4.60. The lowest BCUT2D eigenvalue weighted by molar-refractivity contribution is -0.111. The molecule has 2 amide bonds. The lowest BCUT2D eigenvalue weighted by Crippen LogP contribution is -2.50. The van der Waals surface area contributed by atoms with Gasteiger partial charge in [0.1, 0.15) is 5.75 Å². The Hall–Kier alpha value is -2.34. The summed E-state index contributed by atoms with van der Waals surface area (Å²) in [5.74, 6) is 0.154. The zero-order chi connectivity index (χ0) is 16.7. The van der Waals surface area contributed by atoms with Gasteiger partial charge in [-0.1, -0.05) is 18.6 Å². The van der Waals surface area contributed by atoms with Gasteiger partial charge in [-0.2, -0.15) is 0 Å². The molecule has 1 fully saturated rings. The third-order valence-corrected chi connectivity index (χ3v) is 3.67. The summed E-state index contributed by atoms with van der Waals surface area (Å²) in [6, 6.07) is 7.05. The fourth-order valence-corrected chi connectivity index (χ4v) is 2.48. The lowest BCUT2D eigenvalue weighted by atomic mass is 10.1. The number of carbonyl (C=O) groups is 2. The number of hydrogen-bond donors (Lipinski definition) is 2.